The summed E-state index contributed by atoms with van der Waals surface area (Å²) in [5.41, 5.74) is 7.04. The van der Waals surface area contributed by atoms with Crippen molar-refractivity contribution in [2.24, 2.45) is 0 Å². The summed E-state index contributed by atoms with van der Waals surface area (Å²) in [4.78, 5) is 28.9. The lowest BCUT2D eigenvalue weighted by Gasteiger charge is -2.36. The summed E-state index contributed by atoms with van der Waals surface area (Å²) in [6.07, 6.45) is 5.79. The quantitative estimate of drug-likeness (QED) is 0.215. The molecule has 2 aliphatic rings. The summed E-state index contributed by atoms with van der Waals surface area (Å²) in [6.45, 7) is 9.10. The van der Waals surface area contributed by atoms with Crippen LogP contribution in [0, 0.1) is 0 Å². The molecule has 2 unspecified atom stereocenters. The fraction of sp³-hybridized carbons (Fsp3) is 0.316. The molecule has 2 aliphatic heterocycles. The number of aromatic amines is 1. The third-order valence-corrected chi connectivity index (χ3v) is 9.49. The molecule has 10 nitrogen and oxygen atoms in total. The highest BCUT2D eigenvalue weighted by Gasteiger charge is 2.25. The molecule has 48 heavy (non-hydrogen) atoms. The second-order valence-electron chi connectivity index (χ2n) is 13.2. The van der Waals surface area contributed by atoms with Gasteiger partial charge in [-0.1, -0.05) is 60.7 Å². The molecular formula is C38H40N10. The molecule has 2 fully saturated rings. The molecule has 0 spiro atoms. The molecule has 2 aromatic carbocycles. The summed E-state index contributed by atoms with van der Waals surface area (Å²) < 4.78 is 0. The zero-order chi connectivity index (χ0) is 32.5. The lowest BCUT2D eigenvalue weighted by atomic mass is 9.95. The number of pyridine rings is 2. The van der Waals surface area contributed by atoms with Crippen molar-refractivity contribution in [1.29, 1.82) is 0 Å². The first kappa shape index (κ1) is 30.3. The van der Waals surface area contributed by atoms with E-state index in [1.54, 1.807) is 6.20 Å². The molecule has 2 saturated heterocycles. The van der Waals surface area contributed by atoms with Crippen molar-refractivity contribution in [2.45, 2.75) is 51.2 Å². The number of rotatable bonds is 7. The zero-order valence-electron chi connectivity index (χ0n) is 27.4. The van der Waals surface area contributed by atoms with Crippen molar-refractivity contribution in [3.8, 4) is 33.9 Å². The second kappa shape index (κ2) is 13.2. The van der Waals surface area contributed by atoms with Gasteiger partial charge in [0, 0.05) is 66.5 Å². The minimum absolute atomic E-state index is 0.376. The van der Waals surface area contributed by atoms with E-state index in [0.717, 1.165) is 96.4 Å². The number of piperidine rings is 1. The Labute approximate surface area is 280 Å². The Kier molecular flexibility index (Phi) is 8.34. The van der Waals surface area contributed by atoms with Gasteiger partial charge in [-0.05, 0) is 69.1 Å². The second-order valence-corrected chi connectivity index (χ2v) is 13.2. The van der Waals surface area contributed by atoms with Gasteiger partial charge >= 0.3 is 0 Å². The van der Waals surface area contributed by atoms with Crippen LogP contribution in [0.3, 0.4) is 0 Å². The Morgan fingerprint density at radius 2 is 1.56 bits per heavy atom. The van der Waals surface area contributed by atoms with Gasteiger partial charge < -0.3 is 10.2 Å². The number of benzene rings is 2. The predicted molar refractivity (Wildman–Crippen MR) is 189 cm³/mol. The molecule has 0 radical (unpaired) electrons. The van der Waals surface area contributed by atoms with Crippen molar-refractivity contribution < 1.29 is 0 Å². The number of fused-ring (bicyclic) bond motifs is 1. The van der Waals surface area contributed by atoms with Gasteiger partial charge in [0.15, 0.2) is 11.5 Å². The van der Waals surface area contributed by atoms with Crippen LogP contribution in [0.4, 0.5) is 5.95 Å². The average molecular weight is 637 g/mol. The molecule has 0 aliphatic carbocycles. The van der Waals surface area contributed by atoms with E-state index in [4.69, 9.17) is 19.9 Å². The number of piperazine rings is 1. The molecule has 2 N–H and O–H groups in total. The normalized spacial score (nSPS) is 19.2. The summed E-state index contributed by atoms with van der Waals surface area (Å²) in [7, 11) is 0. The maximum atomic E-state index is 5.20. The van der Waals surface area contributed by atoms with E-state index >= 15 is 0 Å². The van der Waals surface area contributed by atoms with Crippen LogP contribution in [0.15, 0.2) is 91.3 Å². The van der Waals surface area contributed by atoms with Gasteiger partial charge in [0.25, 0.3) is 0 Å². The topological polar surface area (TPSA) is 112 Å². The fourth-order valence-corrected chi connectivity index (χ4v) is 7.11. The molecule has 6 heterocycles. The van der Waals surface area contributed by atoms with Crippen LogP contribution in [-0.4, -0.2) is 78.3 Å². The SMILES string of the molecule is CC1CN(c2ncc3cc(-c4ccccc4)c(-c4ccc(CN5CCC(c6nc(-c7ccccn7)n[nH]6)CC5)cc4)nc3n2)CC(C)N1. The highest BCUT2D eigenvalue weighted by Crippen LogP contribution is 2.34. The van der Waals surface area contributed by atoms with Crippen LogP contribution in [0.5, 0.6) is 0 Å². The summed E-state index contributed by atoms with van der Waals surface area (Å²) >= 11 is 0. The van der Waals surface area contributed by atoms with Crippen molar-refractivity contribution in [3.63, 3.8) is 0 Å². The fourth-order valence-electron chi connectivity index (χ4n) is 7.11. The molecule has 0 amide bonds. The van der Waals surface area contributed by atoms with Crippen LogP contribution in [0.1, 0.15) is 44.0 Å². The molecule has 2 atom stereocenters. The Bertz CT molecular complexity index is 1980. The van der Waals surface area contributed by atoms with E-state index < -0.39 is 0 Å². The Balaban J connectivity index is 0.998. The van der Waals surface area contributed by atoms with Gasteiger partial charge in [-0.3, -0.25) is 15.0 Å². The summed E-state index contributed by atoms with van der Waals surface area (Å²) in [6, 6.07) is 28.1. The number of likely N-dealkylation sites (tertiary alicyclic amines) is 1. The van der Waals surface area contributed by atoms with E-state index in [9.17, 15) is 0 Å². The summed E-state index contributed by atoms with van der Waals surface area (Å²) in [5, 5.41) is 12.1. The molecule has 4 aromatic heterocycles. The first-order chi connectivity index (χ1) is 23.6. The molecular weight excluding hydrogens is 596 g/mol. The van der Waals surface area contributed by atoms with E-state index in [1.807, 2.05) is 30.5 Å². The van der Waals surface area contributed by atoms with Crippen LogP contribution in [0.25, 0.3) is 44.9 Å². The Morgan fingerprint density at radius 3 is 2.31 bits per heavy atom. The number of H-pyrrole nitrogens is 1. The molecule has 0 saturated carbocycles. The van der Waals surface area contributed by atoms with Gasteiger partial charge in [0.1, 0.15) is 11.5 Å². The average Bonchev–Trinajstić information content (AvgIpc) is 3.63. The number of nitrogens with zero attached hydrogens (tertiary/aromatic N) is 8. The maximum Gasteiger partial charge on any atom is 0.227 e. The lowest BCUT2D eigenvalue weighted by Crippen LogP contribution is -2.54. The van der Waals surface area contributed by atoms with E-state index in [-0.39, 0.29) is 0 Å². The molecule has 0 bridgehead atoms. The van der Waals surface area contributed by atoms with Crippen LogP contribution >= 0.6 is 0 Å². The summed E-state index contributed by atoms with van der Waals surface area (Å²) in [5.74, 6) is 2.75. The van der Waals surface area contributed by atoms with E-state index in [1.165, 1.54) is 5.56 Å². The minimum atomic E-state index is 0.376. The highest BCUT2D eigenvalue weighted by molar-refractivity contribution is 5.90. The van der Waals surface area contributed by atoms with Gasteiger partial charge in [-0.25, -0.2) is 15.0 Å². The van der Waals surface area contributed by atoms with E-state index in [2.05, 4.69) is 98.7 Å². The van der Waals surface area contributed by atoms with Crippen molar-refractivity contribution in [1.82, 2.24) is 45.3 Å². The van der Waals surface area contributed by atoms with Crippen LogP contribution < -0.4 is 10.2 Å². The van der Waals surface area contributed by atoms with Gasteiger partial charge in [0.05, 0.1) is 5.69 Å². The van der Waals surface area contributed by atoms with Gasteiger partial charge in [-0.2, -0.15) is 10.1 Å². The van der Waals surface area contributed by atoms with Crippen molar-refractivity contribution >= 4 is 17.0 Å². The molecule has 8 rings (SSSR count). The highest BCUT2D eigenvalue weighted by atomic mass is 15.3. The largest absolute Gasteiger partial charge is 0.338 e. The van der Waals surface area contributed by atoms with Crippen LogP contribution in [-0.2, 0) is 6.54 Å². The minimum Gasteiger partial charge on any atom is -0.338 e. The smallest absolute Gasteiger partial charge is 0.227 e. The first-order valence-electron chi connectivity index (χ1n) is 17.0. The van der Waals surface area contributed by atoms with Crippen molar-refractivity contribution in [3.05, 3.63) is 103 Å². The molecule has 10 heteroatoms. The maximum absolute atomic E-state index is 5.20. The lowest BCUT2D eigenvalue weighted by molar-refractivity contribution is 0.202. The first-order valence-corrected chi connectivity index (χ1v) is 17.0. The van der Waals surface area contributed by atoms with E-state index in [0.29, 0.717) is 23.8 Å². The monoisotopic (exact) mass is 636 g/mol. The molecule has 242 valence electrons. The van der Waals surface area contributed by atoms with Crippen molar-refractivity contribution in [2.75, 3.05) is 31.1 Å². The number of anilines is 1. The Morgan fingerprint density at radius 1 is 0.792 bits per heavy atom. The molecule has 6 aromatic rings. The number of hydrogen-bond acceptors (Lipinski definition) is 9. The van der Waals surface area contributed by atoms with Gasteiger partial charge in [-0.15, -0.1) is 0 Å². The third kappa shape index (κ3) is 6.41. The standard InChI is InChI=1S/C38H40N10/c1-25-22-48(23-26(2)41-25)38-40-21-31-20-32(28-8-4-3-5-9-28)34(42-35(31)44-38)29-13-11-27(12-14-29)24-47-18-15-30(16-19-47)36-43-37(46-45-36)33-10-6-7-17-39-33/h3-14,17,20-21,25-26,30,41H,15-16,18-19,22-24H2,1-2H3,(H,43,45,46). The number of hydrogen-bond donors (Lipinski definition) is 2. The number of aromatic nitrogens is 7. The van der Waals surface area contributed by atoms with Gasteiger partial charge in [0.2, 0.25) is 5.95 Å². The third-order valence-electron chi connectivity index (χ3n) is 9.49. The Hall–Kier alpha value is -5.06. The number of nitrogens with one attached hydrogen (secondary N) is 2. The zero-order valence-corrected chi connectivity index (χ0v) is 27.4. The predicted octanol–water partition coefficient (Wildman–Crippen LogP) is 6.11. The van der Waals surface area contributed by atoms with Crippen LogP contribution in [0.2, 0.25) is 0 Å².